The Morgan fingerprint density at radius 1 is 1.26 bits per heavy atom. The summed E-state index contributed by atoms with van der Waals surface area (Å²) in [7, 11) is 1.77. The van der Waals surface area contributed by atoms with Crippen LogP contribution in [0.25, 0.3) is 10.2 Å². The van der Waals surface area contributed by atoms with Gasteiger partial charge >= 0.3 is 0 Å². The number of fused-ring (bicyclic) bond motifs is 1. The van der Waals surface area contributed by atoms with Crippen LogP contribution >= 0.6 is 22.9 Å². The molecule has 23 heavy (non-hydrogen) atoms. The van der Waals surface area contributed by atoms with E-state index in [1.54, 1.807) is 35.7 Å². The highest BCUT2D eigenvalue weighted by atomic mass is 35.5. The number of amides is 1. The third-order valence-electron chi connectivity index (χ3n) is 3.43. The summed E-state index contributed by atoms with van der Waals surface area (Å²) in [4.78, 5) is 18.3. The summed E-state index contributed by atoms with van der Waals surface area (Å²) in [6.45, 7) is 0.925. The van der Waals surface area contributed by atoms with Crippen LogP contribution in [0.3, 0.4) is 0 Å². The minimum Gasteiger partial charge on any atom is -0.492 e. The van der Waals surface area contributed by atoms with E-state index in [9.17, 15) is 4.79 Å². The first-order valence-electron chi connectivity index (χ1n) is 7.10. The Labute approximate surface area is 143 Å². The van der Waals surface area contributed by atoms with Crippen LogP contribution in [0.4, 0.5) is 0 Å². The Morgan fingerprint density at radius 3 is 2.83 bits per heavy atom. The van der Waals surface area contributed by atoms with Gasteiger partial charge in [-0.25, -0.2) is 4.98 Å². The van der Waals surface area contributed by atoms with E-state index in [1.807, 2.05) is 24.3 Å². The van der Waals surface area contributed by atoms with Crippen molar-refractivity contribution in [3.05, 3.63) is 58.6 Å². The Morgan fingerprint density at radius 2 is 2.04 bits per heavy atom. The van der Waals surface area contributed by atoms with Crippen molar-refractivity contribution >= 4 is 39.1 Å². The van der Waals surface area contributed by atoms with Crippen LogP contribution in [0.5, 0.6) is 5.75 Å². The number of carbonyl (C=O) groups excluding carboxylic acids is 1. The van der Waals surface area contributed by atoms with Crippen LogP contribution in [0.1, 0.15) is 10.4 Å². The fourth-order valence-electron chi connectivity index (χ4n) is 2.14. The predicted molar refractivity (Wildman–Crippen MR) is 93.5 cm³/mol. The maximum atomic E-state index is 12.4. The molecule has 118 valence electrons. The smallest absolute Gasteiger partial charge is 0.253 e. The molecule has 0 radical (unpaired) electrons. The zero-order valence-corrected chi connectivity index (χ0v) is 14.1. The second-order valence-electron chi connectivity index (χ2n) is 5.06. The number of likely N-dealkylation sites (N-methyl/N-ethyl adjacent to an activating group) is 1. The van der Waals surface area contributed by atoms with Crippen LogP contribution in [0, 0.1) is 0 Å². The average molecular weight is 347 g/mol. The van der Waals surface area contributed by atoms with Crippen LogP contribution in [-0.2, 0) is 0 Å². The van der Waals surface area contributed by atoms with Crippen LogP contribution < -0.4 is 4.74 Å². The number of hydrogen-bond donors (Lipinski definition) is 0. The van der Waals surface area contributed by atoms with Gasteiger partial charge < -0.3 is 9.64 Å². The van der Waals surface area contributed by atoms with Gasteiger partial charge in [-0.2, -0.15) is 0 Å². The summed E-state index contributed by atoms with van der Waals surface area (Å²) in [5, 5.41) is 0.670. The third kappa shape index (κ3) is 3.81. The van der Waals surface area contributed by atoms with Gasteiger partial charge in [0.15, 0.2) is 0 Å². The van der Waals surface area contributed by atoms with E-state index in [2.05, 4.69) is 4.98 Å². The normalized spacial score (nSPS) is 10.7. The standard InChI is InChI=1S/C17H15ClN2O2S/c1-20(8-9-22-14-5-3-13(18)4-6-14)17(21)12-2-7-15-16(10-12)23-11-19-15/h2-7,10-11H,8-9H2,1H3. The topological polar surface area (TPSA) is 42.4 Å². The molecule has 0 fully saturated rings. The van der Waals surface area contributed by atoms with E-state index in [0.29, 0.717) is 23.7 Å². The number of carbonyl (C=O) groups is 1. The molecule has 0 aliphatic carbocycles. The maximum absolute atomic E-state index is 12.4. The van der Waals surface area contributed by atoms with E-state index >= 15 is 0 Å². The van der Waals surface area contributed by atoms with Crippen LogP contribution in [0.2, 0.25) is 5.02 Å². The first-order valence-corrected chi connectivity index (χ1v) is 8.36. The molecule has 0 unspecified atom stereocenters. The van der Waals surface area contributed by atoms with Crippen molar-refractivity contribution in [1.82, 2.24) is 9.88 Å². The van der Waals surface area contributed by atoms with Crippen molar-refractivity contribution in [3.63, 3.8) is 0 Å². The second kappa shape index (κ2) is 6.98. The fourth-order valence-corrected chi connectivity index (χ4v) is 2.98. The monoisotopic (exact) mass is 346 g/mol. The van der Waals surface area contributed by atoms with E-state index in [4.69, 9.17) is 16.3 Å². The molecule has 0 saturated heterocycles. The summed E-state index contributed by atoms with van der Waals surface area (Å²) in [5.41, 5.74) is 3.36. The Kier molecular flexibility index (Phi) is 4.79. The molecule has 0 saturated carbocycles. The van der Waals surface area contributed by atoms with Crippen molar-refractivity contribution < 1.29 is 9.53 Å². The minimum atomic E-state index is -0.0278. The van der Waals surface area contributed by atoms with Crippen LogP contribution in [-0.4, -0.2) is 36.0 Å². The molecular formula is C17H15ClN2O2S. The molecule has 0 spiro atoms. The lowest BCUT2D eigenvalue weighted by Gasteiger charge is -2.17. The zero-order valence-electron chi connectivity index (χ0n) is 12.5. The quantitative estimate of drug-likeness (QED) is 0.698. The molecule has 0 aliphatic rings. The van der Waals surface area contributed by atoms with Gasteiger partial charge in [0, 0.05) is 17.6 Å². The zero-order chi connectivity index (χ0) is 16.2. The summed E-state index contributed by atoms with van der Waals surface area (Å²) in [6, 6.07) is 12.7. The molecule has 0 bridgehead atoms. The van der Waals surface area contributed by atoms with Crippen molar-refractivity contribution in [2.45, 2.75) is 0 Å². The van der Waals surface area contributed by atoms with Crippen molar-refractivity contribution in [2.24, 2.45) is 0 Å². The lowest BCUT2D eigenvalue weighted by molar-refractivity contribution is 0.0774. The fraction of sp³-hybridized carbons (Fsp3) is 0.176. The average Bonchev–Trinajstić information content (AvgIpc) is 3.03. The van der Waals surface area contributed by atoms with Gasteiger partial charge in [-0.1, -0.05) is 11.6 Å². The lowest BCUT2D eigenvalue weighted by Crippen LogP contribution is -2.30. The molecule has 0 aliphatic heterocycles. The molecular weight excluding hydrogens is 332 g/mol. The molecule has 3 aromatic rings. The Bertz CT molecular complexity index is 817. The lowest BCUT2D eigenvalue weighted by atomic mass is 10.2. The number of benzene rings is 2. The van der Waals surface area contributed by atoms with Gasteiger partial charge in [0.25, 0.3) is 5.91 Å². The molecule has 0 N–H and O–H groups in total. The number of nitrogens with zero attached hydrogens (tertiary/aromatic N) is 2. The first-order chi connectivity index (χ1) is 11.1. The first kappa shape index (κ1) is 15.8. The number of aromatic nitrogens is 1. The summed E-state index contributed by atoms with van der Waals surface area (Å²) >= 11 is 7.36. The minimum absolute atomic E-state index is 0.0278. The molecule has 1 heterocycles. The van der Waals surface area contributed by atoms with Gasteiger partial charge in [-0.05, 0) is 42.5 Å². The molecule has 3 rings (SSSR count). The summed E-state index contributed by atoms with van der Waals surface area (Å²) in [5.74, 6) is 0.710. The highest BCUT2D eigenvalue weighted by molar-refractivity contribution is 7.16. The summed E-state index contributed by atoms with van der Waals surface area (Å²) in [6.07, 6.45) is 0. The SMILES string of the molecule is CN(CCOc1ccc(Cl)cc1)C(=O)c1ccc2ncsc2c1. The van der Waals surface area contributed by atoms with E-state index < -0.39 is 0 Å². The maximum Gasteiger partial charge on any atom is 0.253 e. The second-order valence-corrected chi connectivity index (χ2v) is 6.39. The Hall–Kier alpha value is -2.11. The van der Waals surface area contributed by atoms with Crippen molar-refractivity contribution in [2.75, 3.05) is 20.2 Å². The number of hydrogen-bond acceptors (Lipinski definition) is 4. The predicted octanol–water partition coefficient (Wildman–Crippen LogP) is 4.10. The molecule has 0 atom stereocenters. The molecule has 2 aromatic carbocycles. The molecule has 6 heteroatoms. The van der Waals surface area contributed by atoms with Crippen LogP contribution in [0.15, 0.2) is 48.0 Å². The van der Waals surface area contributed by atoms with E-state index in [1.165, 1.54) is 11.3 Å². The molecule has 4 nitrogen and oxygen atoms in total. The largest absolute Gasteiger partial charge is 0.492 e. The Balaban J connectivity index is 1.57. The van der Waals surface area contributed by atoms with Crippen molar-refractivity contribution in [3.8, 4) is 5.75 Å². The van der Waals surface area contributed by atoms with E-state index in [-0.39, 0.29) is 5.91 Å². The van der Waals surface area contributed by atoms with Gasteiger partial charge in [0.1, 0.15) is 12.4 Å². The molecule has 1 aromatic heterocycles. The number of ether oxygens (including phenoxy) is 1. The van der Waals surface area contributed by atoms with Gasteiger partial charge in [0.05, 0.1) is 22.3 Å². The van der Waals surface area contributed by atoms with E-state index in [0.717, 1.165) is 16.0 Å². The number of rotatable bonds is 5. The highest BCUT2D eigenvalue weighted by Crippen LogP contribution is 2.20. The number of thiazole rings is 1. The molecule has 1 amide bonds. The summed E-state index contributed by atoms with van der Waals surface area (Å²) < 4.78 is 6.63. The van der Waals surface area contributed by atoms with Gasteiger partial charge in [0.2, 0.25) is 0 Å². The number of halogens is 1. The van der Waals surface area contributed by atoms with Gasteiger partial charge in [-0.3, -0.25) is 4.79 Å². The highest BCUT2D eigenvalue weighted by Gasteiger charge is 2.12. The van der Waals surface area contributed by atoms with Crippen molar-refractivity contribution in [1.29, 1.82) is 0 Å². The van der Waals surface area contributed by atoms with Gasteiger partial charge in [-0.15, -0.1) is 11.3 Å². The third-order valence-corrected chi connectivity index (χ3v) is 4.48.